The largest absolute Gasteiger partial charge is 0.389 e. The summed E-state index contributed by atoms with van der Waals surface area (Å²) < 4.78 is 179. The highest BCUT2D eigenvalue weighted by atomic mass is 30.1. The van der Waals surface area contributed by atoms with Crippen molar-refractivity contribution in [2.75, 3.05) is 0 Å². The third-order valence-electron chi connectivity index (χ3n) is 3.49. The van der Waals surface area contributed by atoms with Crippen molar-refractivity contribution in [3.63, 3.8) is 0 Å². The molecule has 0 aliphatic heterocycles. The summed E-state index contributed by atoms with van der Waals surface area (Å²) in [5.74, 6) is 0. The number of hydrogen-bond donors (Lipinski definition) is 0. The van der Waals surface area contributed by atoms with Crippen molar-refractivity contribution in [1.29, 1.82) is 0 Å². The summed E-state index contributed by atoms with van der Waals surface area (Å²) in [6.45, 7) is 4.62. The molecule has 0 aliphatic carbocycles. The predicted molar refractivity (Wildman–Crippen MR) is 121 cm³/mol. The first-order valence-corrected chi connectivity index (χ1v) is 47.9. The second-order valence-electron chi connectivity index (χ2n) is 7.01. The van der Waals surface area contributed by atoms with Gasteiger partial charge in [0.2, 0.25) is 0 Å². The van der Waals surface area contributed by atoms with Crippen LogP contribution in [0.3, 0.4) is 0 Å². The summed E-state index contributed by atoms with van der Waals surface area (Å²) in [5.41, 5.74) is 0. The lowest BCUT2D eigenvalue weighted by molar-refractivity contribution is 0.533. The Bertz CT molecular complexity index is 1190. The van der Waals surface area contributed by atoms with E-state index in [2.05, 4.69) is 0 Å². The first kappa shape index (κ1) is 34.5. The molecule has 0 aromatic carbocycles. The summed E-state index contributed by atoms with van der Waals surface area (Å²) in [7, 11) is -58.2. The lowest BCUT2D eigenvalue weighted by Gasteiger charge is -2.08. The molecule has 15 nitrogen and oxygen atoms in total. The van der Waals surface area contributed by atoms with E-state index in [-0.39, 0.29) is 0 Å². The molecule has 0 aromatic heterocycles. The molecular weight excluding hydrogens is 725 g/mol. The Hall–Kier alpha value is 0.470. The van der Waals surface area contributed by atoms with E-state index in [1.807, 2.05) is 0 Å². The highest BCUT2D eigenvalue weighted by Gasteiger charge is 2.54. The quantitative estimate of drug-likeness (QED) is 0.142. The first-order valence-electron chi connectivity index (χ1n) is 8.38. The van der Waals surface area contributed by atoms with Crippen LogP contribution in [0.15, 0.2) is 0 Å². The van der Waals surface area contributed by atoms with Gasteiger partial charge in [0, 0.05) is 0 Å². The Balaban J connectivity index is 5.60. The van der Waals surface area contributed by atoms with Crippen LogP contribution in [0.2, 0.25) is 19.6 Å². The minimum absolute atomic E-state index is 1.54. The molecule has 176 valence electrons. The van der Waals surface area contributed by atoms with Crippen molar-refractivity contribution in [3.8, 4) is 0 Å². The second kappa shape index (κ2) is 14.4. The van der Waals surface area contributed by atoms with E-state index in [9.17, 15) is 66.9 Å². The van der Waals surface area contributed by atoms with Gasteiger partial charge in [0.05, 0.1) is 0 Å². The Kier molecular flexibility index (Phi) is 14.6. The van der Waals surface area contributed by atoms with Crippen LogP contribution in [-0.2, 0) is 66.9 Å². The van der Waals surface area contributed by atoms with Gasteiger partial charge in [-0.2, -0.15) is 0 Å². The van der Waals surface area contributed by atoms with E-state index >= 15 is 0 Å². The molecule has 0 fully saturated rings. The molecule has 0 amide bonds. The third-order valence-corrected chi connectivity index (χ3v) is 122. The van der Waals surface area contributed by atoms with Crippen molar-refractivity contribution in [3.05, 3.63) is 0 Å². The minimum Gasteiger partial charge on any atom is -0.389 e. The van der Waals surface area contributed by atoms with Crippen molar-refractivity contribution in [2.24, 2.45) is 0 Å². The maximum atomic E-state index is 12.3. The van der Waals surface area contributed by atoms with Crippen molar-refractivity contribution in [1.82, 2.24) is 0 Å². The Labute approximate surface area is 209 Å². The lowest BCUT2D eigenvalue weighted by atomic mass is 11.8. The molecule has 31 heteroatoms. The smallest absolute Gasteiger partial charge is 0.381 e. The van der Waals surface area contributed by atoms with Crippen molar-refractivity contribution in [2.45, 2.75) is 19.6 Å². The average molecular weight is 735 g/mol. The van der Waals surface area contributed by atoms with E-state index in [1.165, 1.54) is 19.6 Å². The maximum absolute atomic E-state index is 12.3. The molecule has 0 N–H and O–H groups in total. The molecule has 0 unspecified atom stereocenters. The van der Waals surface area contributed by atoms with Crippen LogP contribution in [0.4, 0.5) is 0 Å². The fourth-order valence-corrected chi connectivity index (χ4v) is 171. The maximum Gasteiger partial charge on any atom is 0.381 e. The van der Waals surface area contributed by atoms with Crippen LogP contribution in [0.1, 0.15) is 0 Å². The van der Waals surface area contributed by atoms with Gasteiger partial charge in [0.25, 0.3) is 0 Å². The fourth-order valence-electron chi connectivity index (χ4n) is 1.64. The summed E-state index contributed by atoms with van der Waals surface area (Å²) in [6.07, 6.45) is 0. The average Bonchev–Trinajstić information content (AvgIpc) is 2.81. The predicted octanol–water partition coefficient (Wildman–Crippen LogP) is -6.39. The molecule has 0 saturated heterocycles. The normalized spacial score (nSPS) is 10.2. The van der Waals surface area contributed by atoms with Gasteiger partial charge in [-0.15, -0.1) is 0 Å². The molecule has 0 aromatic rings. The van der Waals surface area contributed by atoms with Crippen LogP contribution in [0.25, 0.3) is 0 Å². The van der Waals surface area contributed by atoms with Crippen LogP contribution in [0.5, 0.6) is 0 Å². The van der Waals surface area contributed by atoms with Gasteiger partial charge in [0.1, 0.15) is 7.59 Å². The molecule has 0 spiro atoms. The summed E-state index contributed by atoms with van der Waals surface area (Å²) >= 11 is 0. The molecule has 0 aliphatic rings. The van der Waals surface area contributed by atoms with E-state index in [0.717, 1.165) is 0 Å². The number of rotatable bonds is 15. The van der Waals surface area contributed by atoms with Crippen LogP contribution < -0.4 is 0 Å². The van der Waals surface area contributed by atoms with Gasteiger partial charge >= 0.3 is 117 Å². The highest BCUT2D eigenvalue weighted by molar-refractivity contribution is 7.81. The van der Waals surface area contributed by atoms with Gasteiger partial charge < -0.3 is 66.9 Å². The molecular formula is C3H10O15Si16. The zero-order valence-electron chi connectivity index (χ0n) is 17.2. The fraction of sp³-hybridized carbons (Fsp3) is 1.00. The van der Waals surface area contributed by atoms with Gasteiger partial charge in [0.15, 0.2) is 0 Å². The van der Waals surface area contributed by atoms with Crippen molar-refractivity contribution < 1.29 is 66.9 Å². The first-order chi connectivity index (χ1) is 15.3. The summed E-state index contributed by atoms with van der Waals surface area (Å²) in [4.78, 5) is 0. The molecule has 34 heavy (non-hydrogen) atoms. The standard InChI is InChI=1S/C3H10O15Si16/c1-34(2,3)33(18)32(17)31(16)30(15)29(14)28(13)27(12)26(11)25(10)24(9)23(8)22(7)21(6)20(5)19-4/h19H,1-3H3. The van der Waals surface area contributed by atoms with Crippen LogP contribution >= 0.6 is 0 Å². The minimum atomic E-state index is -4.15. The van der Waals surface area contributed by atoms with Gasteiger partial charge in [-0.3, -0.25) is 0 Å². The molecule has 0 atom stereocenters. The van der Waals surface area contributed by atoms with Gasteiger partial charge in [-0.05, 0) is 0 Å². The monoisotopic (exact) mass is 734 g/mol. The topological polar surface area (TPSA) is 256 Å². The summed E-state index contributed by atoms with van der Waals surface area (Å²) in [6, 6.07) is 0. The SMILES string of the molecule is C[Si](C)(C)[Si](=O)[Si](=O)[Si](=O)[Si](=O)[Si](=O)[Si](=O)[Si](=O)[Si](=O)[Si](=O)[Si](=O)[Si](=O)[Si](=O)[Si](=O)[Si](=O)[SiH]=O. The van der Waals surface area contributed by atoms with Crippen molar-refractivity contribution >= 4 is 125 Å². The molecule has 0 bridgehead atoms. The third kappa shape index (κ3) is 8.79. The summed E-state index contributed by atoms with van der Waals surface area (Å²) in [5, 5.41) is 0. The number of hydrogen-bond acceptors (Lipinski definition) is 15. The van der Waals surface area contributed by atoms with Gasteiger partial charge in [-0.1, -0.05) is 19.6 Å². The Morgan fingerprint density at radius 3 is 0.794 bits per heavy atom. The van der Waals surface area contributed by atoms with Crippen LogP contribution in [-0.4, -0.2) is 125 Å². The highest BCUT2D eigenvalue weighted by Crippen LogP contribution is 2.00. The van der Waals surface area contributed by atoms with Gasteiger partial charge in [-0.25, -0.2) is 0 Å². The molecule has 0 heterocycles. The van der Waals surface area contributed by atoms with E-state index < -0.39 is 125 Å². The zero-order valence-corrected chi connectivity index (χ0v) is 33.4. The van der Waals surface area contributed by atoms with E-state index in [4.69, 9.17) is 0 Å². The molecule has 0 saturated carbocycles. The molecule has 0 radical (unpaired) electrons. The zero-order chi connectivity index (χ0) is 27.3. The Morgan fingerprint density at radius 2 is 0.588 bits per heavy atom. The second-order valence-corrected chi connectivity index (χ2v) is 85.9. The van der Waals surface area contributed by atoms with E-state index in [1.54, 1.807) is 0 Å². The van der Waals surface area contributed by atoms with E-state index in [0.29, 0.717) is 0 Å². The Morgan fingerprint density at radius 1 is 0.382 bits per heavy atom. The lowest BCUT2D eigenvalue weighted by Crippen LogP contribution is -2.56. The van der Waals surface area contributed by atoms with Crippen LogP contribution in [0, 0.1) is 0 Å². The molecule has 0 rings (SSSR count).